The van der Waals surface area contributed by atoms with Crippen molar-refractivity contribution < 1.29 is 57.9 Å². The molecule has 2 aromatic rings. The SMILES string of the molecule is COC(=O)OC1=C(OS(=O)(=O)C(F)(F)F)c2ccccc2S(=O)(=O)N1Cc1ccc2c(c1)OCCO2. The van der Waals surface area contributed by atoms with Crippen molar-refractivity contribution in [3.05, 3.63) is 59.5 Å². The van der Waals surface area contributed by atoms with E-state index in [2.05, 4.69) is 8.92 Å². The van der Waals surface area contributed by atoms with Gasteiger partial charge in [0, 0.05) is 5.56 Å². The Hall–Kier alpha value is -3.66. The van der Waals surface area contributed by atoms with Gasteiger partial charge >= 0.3 is 21.8 Å². The Morgan fingerprint density at radius 3 is 2.42 bits per heavy atom. The minimum Gasteiger partial charge on any atom is -0.486 e. The Bertz CT molecular complexity index is 1450. The Morgan fingerprint density at radius 1 is 1.08 bits per heavy atom. The summed E-state index contributed by atoms with van der Waals surface area (Å²) in [6.45, 7) is -0.119. The van der Waals surface area contributed by atoms with Crippen molar-refractivity contribution in [3.8, 4) is 11.5 Å². The van der Waals surface area contributed by atoms with Crippen LogP contribution in [-0.4, -0.2) is 53.1 Å². The third-order valence-corrected chi connectivity index (χ3v) is 7.62. The van der Waals surface area contributed by atoms with Crippen LogP contribution in [0.2, 0.25) is 0 Å². The van der Waals surface area contributed by atoms with Gasteiger partial charge in [0.05, 0.1) is 18.6 Å². The van der Waals surface area contributed by atoms with Gasteiger partial charge in [-0.15, -0.1) is 0 Å². The van der Waals surface area contributed by atoms with Gasteiger partial charge < -0.3 is 23.1 Å². The summed E-state index contributed by atoms with van der Waals surface area (Å²) in [5.41, 5.74) is -6.23. The van der Waals surface area contributed by atoms with E-state index in [0.717, 1.165) is 19.2 Å². The highest BCUT2D eigenvalue weighted by molar-refractivity contribution is 7.89. The Balaban J connectivity index is 1.91. The largest absolute Gasteiger partial charge is 0.534 e. The van der Waals surface area contributed by atoms with Crippen LogP contribution in [0.3, 0.4) is 0 Å². The molecule has 0 aliphatic carbocycles. The minimum absolute atomic E-state index is 0.218. The van der Waals surface area contributed by atoms with Crippen LogP contribution in [0.4, 0.5) is 18.0 Å². The van der Waals surface area contributed by atoms with Crippen LogP contribution in [0.1, 0.15) is 11.1 Å². The maximum absolute atomic E-state index is 13.5. The number of nitrogens with zero attached hydrogens (tertiary/aromatic N) is 1. The van der Waals surface area contributed by atoms with E-state index in [1.165, 1.54) is 30.3 Å². The highest BCUT2D eigenvalue weighted by atomic mass is 32.2. The summed E-state index contributed by atoms with van der Waals surface area (Å²) in [5.74, 6) is -1.69. The lowest BCUT2D eigenvalue weighted by molar-refractivity contribution is -0.0511. The number of alkyl halides is 3. The van der Waals surface area contributed by atoms with Crippen molar-refractivity contribution in [2.24, 2.45) is 0 Å². The van der Waals surface area contributed by atoms with Crippen molar-refractivity contribution in [2.75, 3.05) is 20.3 Å². The zero-order chi connectivity index (χ0) is 26.3. The van der Waals surface area contributed by atoms with E-state index < -0.39 is 60.5 Å². The second-order valence-corrected chi connectivity index (χ2v) is 10.5. The first kappa shape index (κ1) is 25.4. The molecule has 4 rings (SSSR count). The zero-order valence-corrected chi connectivity index (χ0v) is 19.8. The molecule has 0 saturated carbocycles. The molecule has 0 fully saturated rings. The number of hydrogen-bond acceptors (Lipinski definition) is 10. The van der Waals surface area contributed by atoms with Crippen LogP contribution in [0.5, 0.6) is 11.5 Å². The molecule has 16 heteroatoms. The molecular formula is C20H16F3NO10S2. The number of sulfonamides is 1. The molecule has 0 amide bonds. The van der Waals surface area contributed by atoms with Crippen molar-refractivity contribution in [2.45, 2.75) is 16.9 Å². The predicted molar refractivity (Wildman–Crippen MR) is 113 cm³/mol. The van der Waals surface area contributed by atoms with E-state index in [1.807, 2.05) is 0 Å². The maximum atomic E-state index is 13.5. The number of halogens is 3. The highest BCUT2D eigenvalue weighted by Crippen LogP contribution is 2.42. The average Bonchev–Trinajstić information content (AvgIpc) is 2.83. The van der Waals surface area contributed by atoms with Gasteiger partial charge in [-0.2, -0.15) is 21.6 Å². The molecule has 2 heterocycles. The molecule has 0 radical (unpaired) electrons. The number of ether oxygens (including phenoxy) is 4. The van der Waals surface area contributed by atoms with Gasteiger partial charge in [-0.25, -0.2) is 17.5 Å². The summed E-state index contributed by atoms with van der Waals surface area (Å²) in [6, 6.07) is 8.84. The van der Waals surface area contributed by atoms with Crippen molar-refractivity contribution in [3.63, 3.8) is 0 Å². The first-order chi connectivity index (χ1) is 16.8. The van der Waals surface area contributed by atoms with Gasteiger partial charge in [-0.1, -0.05) is 18.2 Å². The second kappa shape index (κ2) is 9.09. The molecule has 36 heavy (non-hydrogen) atoms. The van der Waals surface area contributed by atoms with E-state index in [4.69, 9.17) is 14.2 Å². The van der Waals surface area contributed by atoms with Gasteiger partial charge in [0.2, 0.25) is 5.76 Å². The Morgan fingerprint density at radius 2 is 1.75 bits per heavy atom. The van der Waals surface area contributed by atoms with E-state index in [-0.39, 0.29) is 24.5 Å². The summed E-state index contributed by atoms with van der Waals surface area (Å²) in [4.78, 5) is 11.3. The van der Waals surface area contributed by atoms with Gasteiger partial charge in [-0.05, 0) is 29.8 Å². The molecule has 0 spiro atoms. The van der Waals surface area contributed by atoms with E-state index in [0.29, 0.717) is 10.1 Å². The fourth-order valence-electron chi connectivity index (χ4n) is 3.30. The molecule has 0 saturated heterocycles. The molecule has 194 valence electrons. The number of carbonyl (C=O) groups is 1. The lowest BCUT2D eigenvalue weighted by atomic mass is 10.1. The molecular weight excluding hydrogens is 535 g/mol. The third kappa shape index (κ3) is 4.60. The Kier molecular flexibility index (Phi) is 6.42. The van der Waals surface area contributed by atoms with E-state index in [9.17, 15) is 34.8 Å². The fourth-order valence-corrected chi connectivity index (χ4v) is 5.36. The van der Waals surface area contributed by atoms with Crippen LogP contribution in [0.15, 0.2) is 53.2 Å². The minimum atomic E-state index is -6.31. The molecule has 0 N–H and O–H groups in total. The van der Waals surface area contributed by atoms with Gasteiger partial charge in [0.25, 0.3) is 15.9 Å². The second-order valence-electron chi connectivity index (χ2n) is 7.16. The smallest absolute Gasteiger partial charge is 0.486 e. The van der Waals surface area contributed by atoms with Crippen LogP contribution >= 0.6 is 0 Å². The summed E-state index contributed by atoms with van der Waals surface area (Å²) >= 11 is 0. The third-order valence-electron chi connectivity index (χ3n) is 4.88. The lowest BCUT2D eigenvalue weighted by Crippen LogP contribution is -2.38. The zero-order valence-electron chi connectivity index (χ0n) is 18.1. The van der Waals surface area contributed by atoms with Crippen molar-refractivity contribution in [1.29, 1.82) is 0 Å². The van der Waals surface area contributed by atoms with E-state index in [1.54, 1.807) is 0 Å². The normalized spacial score (nSPS) is 16.7. The Labute approximate surface area is 202 Å². The number of fused-ring (bicyclic) bond motifs is 2. The van der Waals surface area contributed by atoms with Crippen LogP contribution < -0.4 is 9.47 Å². The quantitative estimate of drug-likeness (QED) is 0.310. The number of hydrogen-bond donors (Lipinski definition) is 0. The topological polar surface area (TPSA) is 135 Å². The van der Waals surface area contributed by atoms with Crippen molar-refractivity contribution in [1.82, 2.24) is 4.31 Å². The van der Waals surface area contributed by atoms with Gasteiger partial charge in [0.1, 0.15) is 13.2 Å². The van der Waals surface area contributed by atoms with Crippen LogP contribution in [0.25, 0.3) is 5.76 Å². The first-order valence-electron chi connectivity index (χ1n) is 9.86. The maximum Gasteiger partial charge on any atom is 0.534 e. The van der Waals surface area contributed by atoms with Gasteiger partial charge in [0.15, 0.2) is 11.5 Å². The van der Waals surface area contributed by atoms with Crippen LogP contribution in [0, 0.1) is 0 Å². The number of benzene rings is 2. The molecule has 0 bridgehead atoms. The van der Waals surface area contributed by atoms with Crippen LogP contribution in [-0.2, 0) is 40.3 Å². The van der Waals surface area contributed by atoms with Crippen molar-refractivity contribution >= 4 is 32.1 Å². The van der Waals surface area contributed by atoms with E-state index >= 15 is 0 Å². The number of methoxy groups -OCH3 is 1. The summed E-state index contributed by atoms with van der Waals surface area (Å²) < 4.78 is 115. The molecule has 0 unspecified atom stereocenters. The number of rotatable bonds is 5. The molecule has 11 nitrogen and oxygen atoms in total. The molecule has 2 aliphatic heterocycles. The lowest BCUT2D eigenvalue weighted by Gasteiger charge is -2.32. The monoisotopic (exact) mass is 551 g/mol. The molecule has 2 aliphatic rings. The average molecular weight is 551 g/mol. The summed E-state index contributed by atoms with van der Waals surface area (Å²) in [6.07, 6.45) is -1.54. The summed E-state index contributed by atoms with van der Waals surface area (Å²) in [7, 11) is -10.1. The fraction of sp³-hybridized carbons (Fsp3) is 0.250. The number of carbonyl (C=O) groups excluding carboxylic acids is 1. The predicted octanol–water partition coefficient (Wildman–Crippen LogP) is 2.94. The molecule has 0 atom stereocenters. The first-order valence-corrected chi connectivity index (χ1v) is 12.7. The standard InChI is InChI=1S/C20H16F3NO10S2/c1-30-19(25)33-18-17(34-36(28,29)20(21,22)23)13-4-2-3-5-16(13)35(26,27)24(18)11-12-6-7-14-15(10-12)32-9-8-31-14/h2-7,10H,8-9,11H2,1H3. The summed E-state index contributed by atoms with van der Waals surface area (Å²) in [5, 5.41) is 0. The highest BCUT2D eigenvalue weighted by Gasteiger charge is 2.51. The van der Waals surface area contributed by atoms with Gasteiger partial charge in [-0.3, -0.25) is 0 Å². The molecule has 2 aromatic carbocycles. The molecule has 0 aromatic heterocycles.